The van der Waals surface area contributed by atoms with Crippen molar-refractivity contribution in [1.29, 1.82) is 0 Å². The van der Waals surface area contributed by atoms with Crippen LogP contribution in [0.4, 0.5) is 4.39 Å². The van der Waals surface area contributed by atoms with Crippen molar-refractivity contribution in [1.82, 2.24) is 0 Å². The lowest BCUT2D eigenvalue weighted by Gasteiger charge is -2.43. The fraction of sp³-hybridized carbons (Fsp3) is 0.522. The van der Waals surface area contributed by atoms with Gasteiger partial charge in [0.15, 0.2) is 0 Å². The molecular formula is C23H28ClFO3. The van der Waals surface area contributed by atoms with Gasteiger partial charge in [0.1, 0.15) is 11.9 Å². The Morgan fingerprint density at radius 1 is 1.29 bits per heavy atom. The molecule has 5 heteroatoms. The Hall–Kier alpha value is -1.65. The van der Waals surface area contributed by atoms with E-state index in [1.165, 1.54) is 6.07 Å². The van der Waals surface area contributed by atoms with Gasteiger partial charge in [0, 0.05) is 6.42 Å². The Morgan fingerprint density at radius 2 is 2.00 bits per heavy atom. The predicted octanol–water partition coefficient (Wildman–Crippen LogP) is 5.70. The minimum Gasteiger partial charge on any atom is -0.458 e. The smallest absolute Gasteiger partial charge is 0.309 e. The molecule has 0 saturated carbocycles. The number of aliphatic hydroxyl groups excluding tert-OH is 1. The number of esters is 1. The lowest BCUT2D eigenvalue weighted by Crippen LogP contribution is -2.32. The highest BCUT2D eigenvalue weighted by Gasteiger charge is 2.38. The number of hydrogen-bond donors (Lipinski definition) is 1. The van der Waals surface area contributed by atoms with Crippen LogP contribution in [-0.2, 0) is 9.53 Å². The topological polar surface area (TPSA) is 46.5 Å². The van der Waals surface area contributed by atoms with Gasteiger partial charge >= 0.3 is 5.97 Å². The van der Waals surface area contributed by atoms with Crippen LogP contribution in [0.5, 0.6) is 0 Å². The number of allylic oxidation sites excluding steroid dienone is 3. The van der Waals surface area contributed by atoms with E-state index in [1.807, 2.05) is 12.2 Å². The SMILES string of the molecule is CC1(C)CC(c2ccc(F)c(Cl)c2)=C(C=C[C@H]2C[C@H](O)CC(=O)O2)C(C)(C)C1. The first-order valence-electron chi connectivity index (χ1n) is 9.72. The molecule has 0 amide bonds. The highest BCUT2D eigenvalue weighted by atomic mass is 35.5. The number of aliphatic hydroxyl groups is 1. The number of carbonyl (C=O) groups is 1. The van der Waals surface area contributed by atoms with E-state index in [0.29, 0.717) is 6.42 Å². The predicted molar refractivity (Wildman–Crippen MR) is 109 cm³/mol. The van der Waals surface area contributed by atoms with Gasteiger partial charge in [-0.05, 0) is 58.6 Å². The van der Waals surface area contributed by atoms with E-state index >= 15 is 0 Å². The van der Waals surface area contributed by atoms with Crippen LogP contribution in [0, 0.1) is 16.6 Å². The second-order valence-electron chi connectivity index (χ2n) is 9.40. The molecule has 1 heterocycles. The number of benzene rings is 1. The molecular weight excluding hydrogens is 379 g/mol. The molecule has 0 bridgehead atoms. The lowest BCUT2D eigenvalue weighted by atomic mass is 9.61. The monoisotopic (exact) mass is 406 g/mol. The Kier molecular flexibility index (Phi) is 5.75. The second-order valence-corrected chi connectivity index (χ2v) is 9.81. The molecule has 152 valence electrons. The van der Waals surface area contributed by atoms with Crippen molar-refractivity contribution >= 4 is 23.1 Å². The van der Waals surface area contributed by atoms with Crippen LogP contribution < -0.4 is 0 Å². The number of carbonyl (C=O) groups excluding carboxylic acids is 1. The fourth-order valence-electron chi connectivity index (χ4n) is 4.73. The van der Waals surface area contributed by atoms with Crippen molar-refractivity contribution in [3.05, 3.63) is 52.3 Å². The third-order valence-corrected chi connectivity index (χ3v) is 5.85. The van der Waals surface area contributed by atoms with Gasteiger partial charge in [0.05, 0.1) is 17.5 Å². The van der Waals surface area contributed by atoms with Crippen molar-refractivity contribution in [3.8, 4) is 0 Å². The first-order valence-corrected chi connectivity index (χ1v) is 10.1. The van der Waals surface area contributed by atoms with Crippen LogP contribution in [0.1, 0.15) is 58.9 Å². The highest BCUT2D eigenvalue weighted by Crippen LogP contribution is 2.52. The Labute approximate surface area is 171 Å². The summed E-state index contributed by atoms with van der Waals surface area (Å²) >= 11 is 6.05. The first-order chi connectivity index (χ1) is 13.0. The Bertz CT molecular complexity index is 838. The van der Waals surface area contributed by atoms with Crippen LogP contribution in [0.25, 0.3) is 5.57 Å². The number of ether oxygens (including phenoxy) is 1. The third-order valence-electron chi connectivity index (χ3n) is 5.57. The zero-order valence-corrected chi connectivity index (χ0v) is 17.6. The quantitative estimate of drug-likeness (QED) is 0.654. The average molecular weight is 407 g/mol. The molecule has 0 radical (unpaired) electrons. The van der Waals surface area contributed by atoms with Crippen molar-refractivity contribution in [2.24, 2.45) is 10.8 Å². The lowest BCUT2D eigenvalue weighted by molar-refractivity contribution is -0.156. The van der Waals surface area contributed by atoms with Crippen LogP contribution in [-0.4, -0.2) is 23.3 Å². The van der Waals surface area contributed by atoms with Gasteiger partial charge in [-0.15, -0.1) is 0 Å². The molecule has 0 aromatic heterocycles. The van der Waals surface area contributed by atoms with Gasteiger partial charge in [0.25, 0.3) is 0 Å². The summed E-state index contributed by atoms with van der Waals surface area (Å²) in [7, 11) is 0. The zero-order valence-electron chi connectivity index (χ0n) is 16.9. The molecule has 2 atom stereocenters. The zero-order chi connectivity index (χ0) is 20.7. The summed E-state index contributed by atoms with van der Waals surface area (Å²) in [5, 5.41) is 9.96. The van der Waals surface area contributed by atoms with Gasteiger partial charge in [-0.25, -0.2) is 4.39 Å². The Morgan fingerprint density at radius 3 is 2.64 bits per heavy atom. The number of hydrogen-bond acceptors (Lipinski definition) is 3. The summed E-state index contributed by atoms with van der Waals surface area (Å²) in [4.78, 5) is 11.6. The molecule has 3 rings (SSSR count). The van der Waals surface area contributed by atoms with E-state index < -0.39 is 18.0 Å². The van der Waals surface area contributed by atoms with Crippen LogP contribution in [0.3, 0.4) is 0 Å². The summed E-state index contributed by atoms with van der Waals surface area (Å²) in [6.45, 7) is 8.86. The van der Waals surface area contributed by atoms with Gasteiger partial charge < -0.3 is 9.84 Å². The van der Waals surface area contributed by atoms with Gasteiger partial charge in [-0.3, -0.25) is 4.79 Å². The van der Waals surface area contributed by atoms with Crippen molar-refractivity contribution < 1.29 is 19.0 Å². The summed E-state index contributed by atoms with van der Waals surface area (Å²) < 4.78 is 19.1. The maximum atomic E-state index is 13.7. The van der Waals surface area contributed by atoms with Crippen molar-refractivity contribution in [2.45, 2.75) is 65.6 Å². The molecule has 1 aromatic rings. The largest absolute Gasteiger partial charge is 0.458 e. The standard InChI is InChI=1S/C23H28ClFO3/c1-22(2)12-17(14-5-8-20(25)19(24)9-14)18(23(3,4)13-22)7-6-16-10-15(26)11-21(27)28-16/h5-9,15-16,26H,10-13H2,1-4H3/t15-,16-/m0/s1. The first kappa shape index (κ1) is 21.1. The van der Waals surface area contributed by atoms with E-state index in [0.717, 1.165) is 29.6 Å². The Balaban J connectivity index is 2.04. The molecule has 0 unspecified atom stereocenters. The van der Waals surface area contributed by atoms with Crippen LogP contribution in [0.2, 0.25) is 5.02 Å². The maximum absolute atomic E-state index is 13.7. The van der Waals surface area contributed by atoms with Crippen molar-refractivity contribution in [2.75, 3.05) is 0 Å². The van der Waals surface area contributed by atoms with E-state index in [4.69, 9.17) is 16.3 Å². The van der Waals surface area contributed by atoms with Crippen molar-refractivity contribution in [3.63, 3.8) is 0 Å². The van der Waals surface area contributed by atoms with E-state index in [9.17, 15) is 14.3 Å². The summed E-state index contributed by atoms with van der Waals surface area (Å²) in [5.41, 5.74) is 3.14. The highest BCUT2D eigenvalue weighted by molar-refractivity contribution is 6.30. The number of halogens is 2. The minimum absolute atomic E-state index is 0.0477. The van der Waals surface area contributed by atoms with E-state index in [1.54, 1.807) is 12.1 Å². The molecule has 1 fully saturated rings. The number of cyclic esters (lactones) is 1. The van der Waals surface area contributed by atoms with Crippen LogP contribution >= 0.6 is 11.6 Å². The molecule has 1 aliphatic carbocycles. The maximum Gasteiger partial charge on any atom is 0.309 e. The molecule has 1 aliphatic heterocycles. The van der Waals surface area contributed by atoms with Crippen LogP contribution in [0.15, 0.2) is 35.9 Å². The summed E-state index contributed by atoms with van der Waals surface area (Å²) in [6.07, 6.45) is 5.05. The molecule has 1 N–H and O–H groups in total. The van der Waals surface area contributed by atoms with Gasteiger partial charge in [-0.2, -0.15) is 0 Å². The van der Waals surface area contributed by atoms with Gasteiger partial charge in [-0.1, -0.05) is 51.4 Å². The molecule has 1 saturated heterocycles. The molecule has 2 aliphatic rings. The summed E-state index contributed by atoms with van der Waals surface area (Å²) in [5.74, 6) is -0.808. The fourth-order valence-corrected chi connectivity index (χ4v) is 4.91. The average Bonchev–Trinajstić information content (AvgIpc) is 2.53. The van der Waals surface area contributed by atoms with E-state index in [2.05, 4.69) is 27.7 Å². The van der Waals surface area contributed by atoms with E-state index in [-0.39, 0.29) is 28.2 Å². The third kappa shape index (κ3) is 4.66. The normalized spacial score (nSPS) is 27.2. The minimum atomic E-state index is -0.668. The molecule has 3 nitrogen and oxygen atoms in total. The molecule has 1 aromatic carbocycles. The second kappa shape index (κ2) is 7.64. The molecule has 0 spiro atoms. The number of rotatable bonds is 3. The van der Waals surface area contributed by atoms with Gasteiger partial charge in [0.2, 0.25) is 0 Å². The summed E-state index contributed by atoms with van der Waals surface area (Å²) in [6, 6.07) is 4.86. The molecule has 28 heavy (non-hydrogen) atoms.